The summed E-state index contributed by atoms with van der Waals surface area (Å²) in [6.45, 7) is 0.354. The van der Waals surface area contributed by atoms with Gasteiger partial charge in [-0.05, 0) is 41.1 Å². The quantitative estimate of drug-likeness (QED) is 0.749. The Morgan fingerprint density at radius 2 is 2.05 bits per heavy atom. The number of carboxylic acids is 1. The first-order valence-electron chi connectivity index (χ1n) is 6.26. The van der Waals surface area contributed by atoms with E-state index in [1.165, 1.54) is 0 Å². The Morgan fingerprint density at radius 3 is 2.81 bits per heavy atom. The van der Waals surface area contributed by atoms with E-state index >= 15 is 0 Å². The molecular weight excluding hydrogens is 308 g/mol. The molecule has 3 nitrogen and oxygen atoms in total. The van der Waals surface area contributed by atoms with Crippen LogP contribution in [-0.4, -0.2) is 11.1 Å². The molecule has 5 heteroatoms. The van der Waals surface area contributed by atoms with Crippen LogP contribution in [0.1, 0.15) is 15.9 Å². The van der Waals surface area contributed by atoms with Crippen molar-refractivity contribution in [3.05, 3.63) is 64.0 Å². The minimum absolute atomic E-state index is 0.278. The van der Waals surface area contributed by atoms with E-state index in [0.717, 1.165) is 15.6 Å². The van der Waals surface area contributed by atoms with Gasteiger partial charge in [0.2, 0.25) is 0 Å². The van der Waals surface area contributed by atoms with Crippen molar-refractivity contribution in [3.8, 4) is 5.75 Å². The SMILES string of the molecule is O=C(O)c1ccc2scc(COc3ccccc3Cl)c2c1. The first-order valence-corrected chi connectivity index (χ1v) is 7.51. The monoisotopic (exact) mass is 318 g/mol. The average Bonchev–Trinajstić information content (AvgIpc) is 2.88. The van der Waals surface area contributed by atoms with Crippen molar-refractivity contribution in [2.75, 3.05) is 0 Å². The minimum Gasteiger partial charge on any atom is -0.487 e. The van der Waals surface area contributed by atoms with E-state index in [9.17, 15) is 4.79 Å². The summed E-state index contributed by atoms with van der Waals surface area (Å²) >= 11 is 7.62. The van der Waals surface area contributed by atoms with Gasteiger partial charge >= 0.3 is 5.97 Å². The highest BCUT2D eigenvalue weighted by Gasteiger charge is 2.10. The number of hydrogen-bond acceptors (Lipinski definition) is 3. The van der Waals surface area contributed by atoms with Crippen LogP contribution < -0.4 is 4.74 Å². The summed E-state index contributed by atoms with van der Waals surface area (Å²) in [6, 6.07) is 12.4. The van der Waals surface area contributed by atoms with Gasteiger partial charge in [0.15, 0.2) is 0 Å². The van der Waals surface area contributed by atoms with Crippen molar-refractivity contribution in [2.24, 2.45) is 0 Å². The number of carboxylic acid groups (broad SMARTS) is 1. The summed E-state index contributed by atoms with van der Waals surface area (Å²) < 4.78 is 6.76. The number of rotatable bonds is 4. The third kappa shape index (κ3) is 2.86. The number of aromatic carboxylic acids is 1. The topological polar surface area (TPSA) is 46.5 Å². The fraction of sp³-hybridized carbons (Fsp3) is 0.0625. The Hall–Kier alpha value is -2.04. The standard InChI is InChI=1S/C16H11ClO3S/c17-13-3-1-2-4-14(13)20-8-11-9-21-15-6-5-10(16(18)19)7-12(11)15/h1-7,9H,8H2,(H,18,19). The molecule has 106 valence electrons. The lowest BCUT2D eigenvalue weighted by Gasteiger charge is -2.07. The molecule has 0 amide bonds. The van der Waals surface area contributed by atoms with Crippen LogP contribution in [0.15, 0.2) is 47.8 Å². The Bertz CT molecular complexity index is 810. The van der Waals surface area contributed by atoms with Crippen LogP contribution in [0.3, 0.4) is 0 Å². The van der Waals surface area contributed by atoms with Crippen molar-refractivity contribution >= 4 is 39.0 Å². The Kier molecular flexibility index (Phi) is 3.82. The number of hydrogen-bond donors (Lipinski definition) is 1. The second-order valence-electron chi connectivity index (χ2n) is 4.50. The van der Waals surface area contributed by atoms with Crippen molar-refractivity contribution in [2.45, 2.75) is 6.61 Å². The maximum atomic E-state index is 11.1. The summed E-state index contributed by atoms with van der Waals surface area (Å²) in [5, 5.41) is 12.5. The lowest BCUT2D eigenvalue weighted by Crippen LogP contribution is -1.97. The summed E-state index contributed by atoms with van der Waals surface area (Å²) in [6.07, 6.45) is 0. The van der Waals surface area contributed by atoms with Crippen LogP contribution in [0.25, 0.3) is 10.1 Å². The predicted molar refractivity (Wildman–Crippen MR) is 84.6 cm³/mol. The molecule has 0 bridgehead atoms. The lowest BCUT2D eigenvalue weighted by molar-refractivity contribution is 0.0697. The fourth-order valence-corrected chi connectivity index (χ4v) is 3.16. The van der Waals surface area contributed by atoms with Gasteiger partial charge in [0.05, 0.1) is 10.6 Å². The maximum absolute atomic E-state index is 11.1. The molecular formula is C16H11ClO3S. The molecule has 1 N–H and O–H groups in total. The molecule has 0 radical (unpaired) electrons. The molecule has 0 saturated heterocycles. The van der Waals surface area contributed by atoms with Crippen LogP contribution >= 0.6 is 22.9 Å². The molecule has 0 aliphatic carbocycles. The summed E-state index contributed by atoms with van der Waals surface area (Å²) in [7, 11) is 0. The van der Waals surface area contributed by atoms with Crippen LogP contribution in [0.4, 0.5) is 0 Å². The fourth-order valence-electron chi connectivity index (χ4n) is 2.04. The largest absolute Gasteiger partial charge is 0.487 e. The van der Waals surface area contributed by atoms with Gasteiger partial charge < -0.3 is 9.84 Å². The molecule has 0 atom stereocenters. The Labute approximate surface area is 130 Å². The molecule has 0 aliphatic heterocycles. The van der Waals surface area contributed by atoms with E-state index in [4.69, 9.17) is 21.4 Å². The Morgan fingerprint density at radius 1 is 1.24 bits per heavy atom. The van der Waals surface area contributed by atoms with Gasteiger partial charge in [-0.2, -0.15) is 0 Å². The van der Waals surface area contributed by atoms with E-state index < -0.39 is 5.97 Å². The third-order valence-corrected chi connectivity index (χ3v) is 4.44. The molecule has 1 aromatic heterocycles. The number of benzene rings is 2. The highest BCUT2D eigenvalue weighted by atomic mass is 35.5. The molecule has 0 spiro atoms. The van der Waals surface area contributed by atoms with Crippen molar-refractivity contribution in [3.63, 3.8) is 0 Å². The zero-order chi connectivity index (χ0) is 14.8. The molecule has 2 aromatic carbocycles. The average molecular weight is 319 g/mol. The summed E-state index contributed by atoms with van der Waals surface area (Å²) in [4.78, 5) is 11.1. The van der Waals surface area contributed by atoms with E-state index in [1.807, 2.05) is 23.6 Å². The summed E-state index contributed by atoms with van der Waals surface area (Å²) in [5.74, 6) is -0.311. The predicted octanol–water partition coefficient (Wildman–Crippen LogP) is 4.83. The van der Waals surface area contributed by atoms with Gasteiger partial charge in [-0.15, -0.1) is 11.3 Å². The molecule has 0 saturated carbocycles. The number of thiophene rings is 1. The second kappa shape index (κ2) is 5.76. The zero-order valence-electron chi connectivity index (χ0n) is 10.9. The van der Waals surface area contributed by atoms with Gasteiger partial charge in [-0.1, -0.05) is 23.7 Å². The van der Waals surface area contributed by atoms with E-state index in [1.54, 1.807) is 35.6 Å². The van der Waals surface area contributed by atoms with Crippen molar-refractivity contribution < 1.29 is 14.6 Å². The van der Waals surface area contributed by atoms with Gasteiger partial charge in [0.25, 0.3) is 0 Å². The van der Waals surface area contributed by atoms with Gasteiger partial charge in [0.1, 0.15) is 12.4 Å². The number of carbonyl (C=O) groups is 1. The molecule has 3 rings (SSSR count). The van der Waals surface area contributed by atoms with Gasteiger partial charge in [-0.25, -0.2) is 4.79 Å². The van der Waals surface area contributed by atoms with Crippen LogP contribution in [0.2, 0.25) is 5.02 Å². The van der Waals surface area contributed by atoms with Crippen LogP contribution in [0, 0.1) is 0 Å². The maximum Gasteiger partial charge on any atom is 0.335 e. The van der Waals surface area contributed by atoms with Gasteiger partial charge in [-0.3, -0.25) is 0 Å². The number of ether oxygens (including phenoxy) is 1. The molecule has 0 unspecified atom stereocenters. The van der Waals surface area contributed by atoms with Crippen LogP contribution in [0.5, 0.6) is 5.75 Å². The second-order valence-corrected chi connectivity index (χ2v) is 5.81. The molecule has 1 heterocycles. The minimum atomic E-state index is -0.930. The van der Waals surface area contributed by atoms with E-state index in [0.29, 0.717) is 17.4 Å². The molecule has 3 aromatic rings. The number of fused-ring (bicyclic) bond motifs is 1. The number of para-hydroxylation sites is 1. The first kappa shape index (κ1) is 13.9. The highest BCUT2D eigenvalue weighted by Crippen LogP contribution is 2.29. The normalized spacial score (nSPS) is 10.7. The van der Waals surface area contributed by atoms with E-state index in [2.05, 4.69) is 0 Å². The van der Waals surface area contributed by atoms with E-state index in [-0.39, 0.29) is 5.56 Å². The smallest absolute Gasteiger partial charge is 0.335 e. The highest BCUT2D eigenvalue weighted by molar-refractivity contribution is 7.17. The van der Waals surface area contributed by atoms with Crippen molar-refractivity contribution in [1.82, 2.24) is 0 Å². The van der Waals surface area contributed by atoms with Gasteiger partial charge in [0, 0.05) is 10.3 Å². The molecule has 0 fully saturated rings. The lowest BCUT2D eigenvalue weighted by atomic mass is 10.1. The molecule has 0 aliphatic rings. The van der Waals surface area contributed by atoms with Crippen LogP contribution in [-0.2, 0) is 6.61 Å². The third-order valence-electron chi connectivity index (χ3n) is 3.12. The Balaban J connectivity index is 1.89. The summed E-state index contributed by atoms with van der Waals surface area (Å²) in [5.41, 5.74) is 1.23. The first-order chi connectivity index (χ1) is 10.1. The molecule has 21 heavy (non-hydrogen) atoms. The zero-order valence-corrected chi connectivity index (χ0v) is 12.4. The van der Waals surface area contributed by atoms with Crippen molar-refractivity contribution in [1.29, 1.82) is 0 Å². The number of halogens is 1.